The molecule has 0 spiro atoms. The zero-order valence-corrected chi connectivity index (χ0v) is 20.1. The number of halogens is 2. The number of piperidine rings is 1. The summed E-state index contributed by atoms with van der Waals surface area (Å²) in [4.78, 5) is 45.1. The fourth-order valence-electron chi connectivity index (χ4n) is 4.33. The number of pyridine rings is 1. The minimum absolute atomic E-state index is 0.0252. The number of benzene rings is 1. The topological polar surface area (TPSA) is 104 Å². The Morgan fingerprint density at radius 3 is 2.74 bits per heavy atom. The van der Waals surface area contributed by atoms with Crippen LogP contribution in [0.3, 0.4) is 0 Å². The van der Waals surface area contributed by atoms with E-state index in [1.165, 1.54) is 23.2 Å². The van der Waals surface area contributed by atoms with Crippen LogP contribution in [0.2, 0.25) is 5.02 Å². The van der Waals surface area contributed by atoms with E-state index in [1.807, 2.05) is 6.92 Å². The smallest absolute Gasteiger partial charge is 0.323 e. The van der Waals surface area contributed by atoms with E-state index < -0.39 is 23.8 Å². The molecule has 35 heavy (non-hydrogen) atoms. The zero-order chi connectivity index (χ0) is 24.9. The van der Waals surface area contributed by atoms with E-state index in [9.17, 15) is 18.8 Å². The van der Waals surface area contributed by atoms with Gasteiger partial charge in [-0.05, 0) is 50.1 Å². The lowest BCUT2D eigenvalue weighted by molar-refractivity contribution is -0.120. The number of rotatable bonds is 6. The monoisotopic (exact) mass is 503 g/mol. The number of urea groups is 1. The van der Waals surface area contributed by atoms with Gasteiger partial charge in [0.15, 0.2) is 0 Å². The normalized spacial score (nSPS) is 20.1. The quantitative estimate of drug-likeness (QED) is 0.619. The fourth-order valence-corrected chi connectivity index (χ4v) is 4.44. The van der Waals surface area contributed by atoms with E-state index >= 15 is 0 Å². The van der Waals surface area contributed by atoms with Crippen molar-refractivity contribution in [1.82, 2.24) is 9.88 Å². The first-order valence-electron chi connectivity index (χ1n) is 11.6. The lowest BCUT2D eigenvalue weighted by Gasteiger charge is -2.27. The van der Waals surface area contributed by atoms with Crippen LogP contribution in [0.4, 0.5) is 26.4 Å². The van der Waals surface area contributed by atoms with Crippen LogP contribution in [-0.4, -0.2) is 59.6 Å². The second-order valence-electron chi connectivity index (χ2n) is 8.43. The van der Waals surface area contributed by atoms with Crippen LogP contribution in [0, 0.1) is 5.82 Å². The largest absolute Gasteiger partial charge is 0.377 e. The molecular formula is C24H27ClFN5O4. The SMILES string of the molecule is CCO[C@@H]1C[C@H](C(=O)Nc2ccc(N3CCCCC3=O)cc2F)N(C(=O)Nc2ccc(Cl)cn2)C1. The molecule has 2 aromatic rings. The van der Waals surface area contributed by atoms with Gasteiger partial charge in [-0.2, -0.15) is 0 Å². The van der Waals surface area contributed by atoms with Crippen molar-refractivity contribution < 1.29 is 23.5 Å². The van der Waals surface area contributed by atoms with Gasteiger partial charge in [0.1, 0.15) is 17.7 Å². The molecule has 2 aliphatic heterocycles. The van der Waals surface area contributed by atoms with Gasteiger partial charge in [0.2, 0.25) is 11.8 Å². The van der Waals surface area contributed by atoms with Crippen LogP contribution in [0.1, 0.15) is 32.6 Å². The van der Waals surface area contributed by atoms with Gasteiger partial charge in [0.05, 0.1) is 16.8 Å². The molecule has 0 bridgehead atoms. The molecule has 1 aromatic carbocycles. The van der Waals surface area contributed by atoms with Crippen LogP contribution in [-0.2, 0) is 14.3 Å². The lowest BCUT2D eigenvalue weighted by Crippen LogP contribution is -2.45. The number of carbonyl (C=O) groups excluding carboxylic acids is 3. The Kier molecular flexibility index (Phi) is 7.82. The third-order valence-corrected chi connectivity index (χ3v) is 6.26. The Hall–Kier alpha value is -3.24. The summed E-state index contributed by atoms with van der Waals surface area (Å²) >= 11 is 5.84. The first-order chi connectivity index (χ1) is 16.9. The van der Waals surface area contributed by atoms with Crippen molar-refractivity contribution in [2.45, 2.75) is 44.8 Å². The summed E-state index contributed by atoms with van der Waals surface area (Å²) in [5.41, 5.74) is 0.432. The summed E-state index contributed by atoms with van der Waals surface area (Å²) in [5, 5.41) is 5.66. The van der Waals surface area contributed by atoms with E-state index in [0.29, 0.717) is 30.3 Å². The second kappa shape index (κ2) is 11.0. The number of likely N-dealkylation sites (tertiary alicyclic amines) is 1. The van der Waals surface area contributed by atoms with Crippen molar-refractivity contribution in [3.63, 3.8) is 0 Å². The standard InChI is InChI=1S/C24H27ClFN5O4/c1-2-35-17-12-20(31(14-17)24(34)29-21-9-6-15(25)13-27-21)23(33)28-19-8-7-16(11-18(19)26)30-10-4-3-5-22(30)32/h6-9,11,13,17,20H,2-5,10,12,14H2,1H3,(H,28,33)(H,27,29,34)/t17-,20-/m1/s1. The number of ether oxygens (including phenoxy) is 1. The maximum atomic E-state index is 14.9. The van der Waals surface area contributed by atoms with E-state index in [-0.39, 0.29) is 36.5 Å². The van der Waals surface area contributed by atoms with Crippen molar-refractivity contribution in [3.8, 4) is 0 Å². The minimum Gasteiger partial charge on any atom is -0.377 e. The molecule has 2 N–H and O–H groups in total. The van der Waals surface area contributed by atoms with Gasteiger partial charge >= 0.3 is 6.03 Å². The summed E-state index contributed by atoms with van der Waals surface area (Å²) in [6.07, 6.45) is 3.46. The zero-order valence-electron chi connectivity index (χ0n) is 19.3. The molecule has 0 unspecified atom stereocenters. The Balaban J connectivity index is 1.47. The van der Waals surface area contributed by atoms with Crippen molar-refractivity contribution in [2.24, 2.45) is 0 Å². The summed E-state index contributed by atoms with van der Waals surface area (Å²) in [6, 6.07) is 6.02. The Morgan fingerprint density at radius 1 is 1.23 bits per heavy atom. The Bertz CT molecular complexity index is 1100. The van der Waals surface area contributed by atoms with Crippen LogP contribution < -0.4 is 15.5 Å². The number of nitrogens with zero attached hydrogens (tertiary/aromatic N) is 3. The van der Waals surface area contributed by atoms with Crippen LogP contribution in [0.25, 0.3) is 0 Å². The first-order valence-corrected chi connectivity index (χ1v) is 11.9. The van der Waals surface area contributed by atoms with E-state index in [4.69, 9.17) is 16.3 Å². The number of aromatic nitrogens is 1. The van der Waals surface area contributed by atoms with Gasteiger partial charge in [-0.1, -0.05) is 11.6 Å². The van der Waals surface area contributed by atoms with E-state index in [1.54, 1.807) is 23.1 Å². The lowest BCUT2D eigenvalue weighted by atomic mass is 10.1. The van der Waals surface area contributed by atoms with E-state index in [2.05, 4.69) is 15.6 Å². The maximum Gasteiger partial charge on any atom is 0.323 e. The molecule has 186 valence electrons. The van der Waals surface area contributed by atoms with Crippen LogP contribution >= 0.6 is 11.6 Å². The third kappa shape index (κ3) is 5.88. The van der Waals surface area contributed by atoms with Gasteiger partial charge < -0.3 is 19.9 Å². The molecule has 2 saturated heterocycles. The number of nitrogens with one attached hydrogen (secondary N) is 2. The maximum absolute atomic E-state index is 14.9. The molecule has 9 nitrogen and oxygen atoms in total. The highest BCUT2D eigenvalue weighted by molar-refractivity contribution is 6.30. The second-order valence-corrected chi connectivity index (χ2v) is 8.87. The van der Waals surface area contributed by atoms with Crippen LogP contribution in [0.15, 0.2) is 36.5 Å². The number of amides is 4. The molecule has 11 heteroatoms. The first kappa shape index (κ1) is 24.9. The predicted molar refractivity (Wildman–Crippen MR) is 130 cm³/mol. The number of anilines is 3. The Morgan fingerprint density at radius 2 is 2.06 bits per heavy atom. The predicted octanol–water partition coefficient (Wildman–Crippen LogP) is 4.04. The fraction of sp³-hybridized carbons (Fsp3) is 0.417. The van der Waals surface area contributed by atoms with Gasteiger partial charge in [-0.25, -0.2) is 14.2 Å². The van der Waals surface area contributed by atoms with Crippen molar-refractivity contribution >= 4 is 46.6 Å². The molecule has 3 heterocycles. The average Bonchev–Trinajstić information content (AvgIpc) is 3.27. The highest BCUT2D eigenvalue weighted by Gasteiger charge is 2.40. The summed E-state index contributed by atoms with van der Waals surface area (Å²) in [5.74, 6) is -0.952. The van der Waals surface area contributed by atoms with Gasteiger partial charge in [-0.3, -0.25) is 14.9 Å². The number of carbonyl (C=O) groups is 3. The van der Waals surface area contributed by atoms with E-state index in [0.717, 1.165) is 12.8 Å². The Labute approximate surface area is 207 Å². The van der Waals surface area contributed by atoms with Crippen molar-refractivity contribution in [1.29, 1.82) is 0 Å². The van der Waals surface area contributed by atoms with Crippen molar-refractivity contribution in [2.75, 3.05) is 35.2 Å². The van der Waals surface area contributed by atoms with Crippen LogP contribution in [0.5, 0.6) is 0 Å². The molecule has 1 aromatic heterocycles. The number of hydrogen-bond acceptors (Lipinski definition) is 5. The minimum atomic E-state index is -0.874. The molecule has 4 amide bonds. The molecule has 2 atom stereocenters. The number of hydrogen-bond donors (Lipinski definition) is 2. The van der Waals surface area contributed by atoms with Gasteiger partial charge in [0.25, 0.3) is 0 Å². The average molecular weight is 504 g/mol. The van der Waals surface area contributed by atoms with Gasteiger partial charge in [-0.15, -0.1) is 0 Å². The highest BCUT2D eigenvalue weighted by atomic mass is 35.5. The van der Waals surface area contributed by atoms with Crippen molar-refractivity contribution in [3.05, 3.63) is 47.4 Å². The highest BCUT2D eigenvalue weighted by Crippen LogP contribution is 2.27. The molecule has 0 aliphatic carbocycles. The molecule has 0 radical (unpaired) electrons. The van der Waals surface area contributed by atoms with Gasteiger partial charge in [0, 0.05) is 44.4 Å². The molecule has 2 fully saturated rings. The third-order valence-electron chi connectivity index (χ3n) is 6.04. The molecular weight excluding hydrogens is 477 g/mol. The summed E-state index contributed by atoms with van der Waals surface area (Å²) in [7, 11) is 0. The molecule has 0 saturated carbocycles. The molecule has 4 rings (SSSR count). The summed E-state index contributed by atoms with van der Waals surface area (Å²) < 4.78 is 20.5. The summed E-state index contributed by atoms with van der Waals surface area (Å²) in [6.45, 7) is 3.00. The molecule has 2 aliphatic rings.